The molecule has 2 N–H and O–H groups in total. The van der Waals surface area contributed by atoms with Crippen molar-refractivity contribution in [2.45, 2.75) is 26.2 Å². The molecule has 8 nitrogen and oxygen atoms in total. The van der Waals surface area contributed by atoms with E-state index >= 15 is 0 Å². The molecule has 1 aromatic carbocycles. The number of nitrogen functional groups attached to an aromatic ring is 1. The summed E-state index contributed by atoms with van der Waals surface area (Å²) in [6.07, 6.45) is 8.23. The molecule has 4 rings (SSSR count). The first-order valence-electron chi connectivity index (χ1n) is 9.27. The average molecular weight is 387 g/mol. The predicted molar refractivity (Wildman–Crippen MR) is 108 cm³/mol. The summed E-state index contributed by atoms with van der Waals surface area (Å²) >= 11 is 0. The van der Waals surface area contributed by atoms with Gasteiger partial charge in [0.2, 0.25) is 5.95 Å². The molecule has 29 heavy (non-hydrogen) atoms. The van der Waals surface area contributed by atoms with Gasteiger partial charge in [-0.25, -0.2) is 15.0 Å². The van der Waals surface area contributed by atoms with Crippen LogP contribution in [0.15, 0.2) is 59.8 Å². The van der Waals surface area contributed by atoms with Gasteiger partial charge in [0, 0.05) is 30.4 Å². The highest BCUT2D eigenvalue weighted by molar-refractivity contribution is 5.62. The second kappa shape index (κ2) is 7.38. The Morgan fingerprint density at radius 1 is 0.931 bits per heavy atom. The van der Waals surface area contributed by atoms with Crippen molar-refractivity contribution in [3.05, 3.63) is 66.6 Å². The van der Waals surface area contributed by atoms with E-state index in [0.717, 1.165) is 16.7 Å². The van der Waals surface area contributed by atoms with Crippen molar-refractivity contribution in [3.8, 4) is 22.7 Å². The van der Waals surface area contributed by atoms with E-state index < -0.39 is 5.41 Å². The zero-order valence-corrected chi connectivity index (χ0v) is 16.4. The first kappa shape index (κ1) is 18.7. The molecule has 4 aromatic rings. The Balaban J connectivity index is 1.70. The van der Waals surface area contributed by atoms with E-state index in [1.807, 2.05) is 12.1 Å². The lowest BCUT2D eigenvalue weighted by atomic mass is 9.72. The van der Waals surface area contributed by atoms with Gasteiger partial charge >= 0.3 is 0 Å². The maximum atomic E-state index is 5.57. The summed E-state index contributed by atoms with van der Waals surface area (Å²) in [5, 5.41) is 4.26. The Labute approximate surface area is 168 Å². The number of anilines is 1. The number of hydrogen-bond donors (Lipinski definition) is 1. The minimum atomic E-state index is -0.444. The maximum absolute atomic E-state index is 5.57. The van der Waals surface area contributed by atoms with Gasteiger partial charge in [0.1, 0.15) is 5.69 Å². The second-order valence-corrected chi connectivity index (χ2v) is 7.28. The van der Waals surface area contributed by atoms with E-state index in [1.54, 1.807) is 31.0 Å². The highest BCUT2D eigenvalue weighted by Gasteiger charge is 2.37. The largest absolute Gasteiger partial charge is 0.368 e. The first-order valence-corrected chi connectivity index (χ1v) is 9.27. The Morgan fingerprint density at radius 3 is 2.28 bits per heavy atom. The fourth-order valence-electron chi connectivity index (χ4n) is 3.16. The maximum Gasteiger partial charge on any atom is 0.278 e. The predicted octanol–water partition coefficient (Wildman–Crippen LogP) is 3.53. The van der Waals surface area contributed by atoms with E-state index in [2.05, 4.69) is 63.0 Å². The summed E-state index contributed by atoms with van der Waals surface area (Å²) in [5.41, 5.74) is 8.68. The number of aromatic nitrogens is 6. The van der Waals surface area contributed by atoms with Crippen LogP contribution >= 0.6 is 0 Å². The monoisotopic (exact) mass is 387 g/mol. The summed E-state index contributed by atoms with van der Waals surface area (Å²) < 4.78 is 5.48. The molecule has 8 heteroatoms. The van der Waals surface area contributed by atoms with Gasteiger partial charge in [0.25, 0.3) is 5.89 Å². The zero-order chi connectivity index (χ0) is 20.4. The van der Waals surface area contributed by atoms with Gasteiger partial charge in [-0.15, -0.1) is 0 Å². The van der Waals surface area contributed by atoms with Crippen LogP contribution in [0.1, 0.15) is 32.2 Å². The minimum Gasteiger partial charge on any atom is -0.368 e. The van der Waals surface area contributed by atoms with Crippen molar-refractivity contribution in [3.63, 3.8) is 0 Å². The number of hydrogen-bond acceptors (Lipinski definition) is 8. The normalized spacial score (nSPS) is 13.4. The molecular formula is C21H21N7O. The van der Waals surface area contributed by atoms with Crippen LogP contribution < -0.4 is 5.73 Å². The molecule has 0 bridgehead atoms. The molecule has 0 radical (unpaired) electrons. The third kappa shape index (κ3) is 3.44. The van der Waals surface area contributed by atoms with E-state index in [9.17, 15) is 0 Å². The van der Waals surface area contributed by atoms with Crippen LogP contribution in [0.3, 0.4) is 0 Å². The highest BCUT2D eigenvalue weighted by Crippen LogP contribution is 2.38. The van der Waals surface area contributed by atoms with Crippen molar-refractivity contribution in [2.24, 2.45) is 5.92 Å². The SMILES string of the molecule is CC(C)C(C)(c1ccc(-c2cnc(N)nc2)cc1)c1noc(-c2cnccn2)n1. The third-order valence-corrected chi connectivity index (χ3v) is 5.32. The summed E-state index contributed by atoms with van der Waals surface area (Å²) in [4.78, 5) is 21.0. The molecule has 1 atom stereocenters. The highest BCUT2D eigenvalue weighted by atomic mass is 16.5. The molecule has 0 aliphatic heterocycles. The molecule has 0 saturated heterocycles. The zero-order valence-electron chi connectivity index (χ0n) is 16.4. The van der Waals surface area contributed by atoms with Crippen molar-refractivity contribution < 1.29 is 4.52 Å². The minimum absolute atomic E-state index is 0.223. The van der Waals surface area contributed by atoms with E-state index in [0.29, 0.717) is 17.4 Å². The molecule has 0 aliphatic carbocycles. The van der Waals surface area contributed by atoms with E-state index in [-0.39, 0.29) is 11.9 Å². The number of rotatable bonds is 5. The first-order chi connectivity index (χ1) is 14.0. The summed E-state index contributed by atoms with van der Waals surface area (Å²) in [6.45, 7) is 6.39. The molecule has 3 aromatic heterocycles. The molecule has 0 amide bonds. The summed E-state index contributed by atoms with van der Waals surface area (Å²) in [7, 11) is 0. The van der Waals surface area contributed by atoms with Crippen molar-refractivity contribution in [1.82, 2.24) is 30.1 Å². The van der Waals surface area contributed by atoms with Crippen molar-refractivity contribution >= 4 is 5.95 Å². The van der Waals surface area contributed by atoms with Gasteiger partial charge in [-0.3, -0.25) is 4.98 Å². The van der Waals surface area contributed by atoms with Crippen LogP contribution in [-0.2, 0) is 5.41 Å². The van der Waals surface area contributed by atoms with Crippen LogP contribution in [0.25, 0.3) is 22.7 Å². The van der Waals surface area contributed by atoms with Gasteiger partial charge in [0.15, 0.2) is 5.82 Å². The fraction of sp³-hybridized carbons (Fsp3) is 0.238. The lowest BCUT2D eigenvalue weighted by Gasteiger charge is -2.31. The van der Waals surface area contributed by atoms with Crippen molar-refractivity contribution in [2.75, 3.05) is 5.73 Å². The van der Waals surface area contributed by atoms with Crippen LogP contribution in [-0.4, -0.2) is 30.1 Å². The molecule has 0 fully saturated rings. The van der Waals surface area contributed by atoms with Gasteiger partial charge < -0.3 is 10.3 Å². The van der Waals surface area contributed by atoms with Crippen molar-refractivity contribution in [1.29, 1.82) is 0 Å². The average Bonchev–Trinajstić information content (AvgIpc) is 3.25. The lowest BCUT2D eigenvalue weighted by Crippen LogP contribution is -2.31. The quantitative estimate of drug-likeness (QED) is 0.553. The topological polar surface area (TPSA) is 116 Å². The Bertz CT molecular complexity index is 1090. The van der Waals surface area contributed by atoms with E-state index in [1.165, 1.54) is 0 Å². The van der Waals surface area contributed by atoms with Crippen LogP contribution in [0.5, 0.6) is 0 Å². The molecule has 0 aliphatic rings. The Morgan fingerprint density at radius 2 is 1.66 bits per heavy atom. The van der Waals surface area contributed by atoms with Gasteiger partial charge in [-0.1, -0.05) is 43.3 Å². The molecule has 1 unspecified atom stereocenters. The molecular weight excluding hydrogens is 366 g/mol. The smallest absolute Gasteiger partial charge is 0.278 e. The molecule has 0 spiro atoms. The third-order valence-electron chi connectivity index (χ3n) is 5.32. The van der Waals surface area contributed by atoms with Crippen LogP contribution in [0.2, 0.25) is 0 Å². The van der Waals surface area contributed by atoms with Gasteiger partial charge in [-0.2, -0.15) is 4.98 Å². The van der Waals surface area contributed by atoms with Crippen LogP contribution in [0, 0.1) is 5.92 Å². The number of nitrogens with zero attached hydrogens (tertiary/aromatic N) is 6. The fourth-order valence-corrected chi connectivity index (χ4v) is 3.16. The number of benzene rings is 1. The van der Waals surface area contributed by atoms with Crippen LogP contribution in [0.4, 0.5) is 5.95 Å². The van der Waals surface area contributed by atoms with Gasteiger partial charge in [-0.05, 0) is 24.0 Å². The standard InChI is InChI=1S/C21H21N7O/c1-13(2)21(3,19-27-18(29-28-19)17-12-23-8-9-24-17)16-6-4-14(5-7-16)15-10-25-20(22)26-11-15/h4-13H,1-3H3,(H2,22,25,26). The second-order valence-electron chi connectivity index (χ2n) is 7.28. The van der Waals surface area contributed by atoms with E-state index in [4.69, 9.17) is 10.3 Å². The molecule has 0 saturated carbocycles. The Hall–Kier alpha value is -3.68. The molecule has 3 heterocycles. The van der Waals surface area contributed by atoms with Gasteiger partial charge in [0.05, 0.1) is 11.6 Å². The number of nitrogens with two attached hydrogens (primary N) is 1. The molecule has 146 valence electrons. The summed E-state index contributed by atoms with van der Waals surface area (Å²) in [6, 6.07) is 8.22. The summed E-state index contributed by atoms with van der Waals surface area (Å²) in [5.74, 6) is 1.45. The Kier molecular flexibility index (Phi) is 4.75. The lowest BCUT2D eigenvalue weighted by molar-refractivity contribution is 0.350.